The highest BCUT2D eigenvalue weighted by Crippen LogP contribution is 2.38. The Labute approximate surface area is 161 Å². The Bertz CT molecular complexity index is 939. The van der Waals surface area contributed by atoms with Gasteiger partial charge in [-0.1, -0.05) is 12.1 Å². The number of amides is 1. The lowest BCUT2D eigenvalue weighted by molar-refractivity contribution is 0.0234. The van der Waals surface area contributed by atoms with E-state index >= 15 is 0 Å². The van der Waals surface area contributed by atoms with Crippen LogP contribution < -0.4 is 10.1 Å². The van der Waals surface area contributed by atoms with E-state index in [2.05, 4.69) is 25.5 Å². The number of hydrogen-bond acceptors (Lipinski definition) is 7. The van der Waals surface area contributed by atoms with Crippen molar-refractivity contribution in [1.29, 1.82) is 0 Å². The number of rotatable bonds is 6. The van der Waals surface area contributed by atoms with Gasteiger partial charge < -0.3 is 15.2 Å². The highest BCUT2D eigenvalue weighted by atomic mass is 16.5. The molecular weight excluding hydrogens is 360 g/mol. The quantitative estimate of drug-likeness (QED) is 0.662. The van der Waals surface area contributed by atoms with Gasteiger partial charge in [0.1, 0.15) is 24.2 Å². The predicted molar refractivity (Wildman–Crippen MR) is 98.9 cm³/mol. The van der Waals surface area contributed by atoms with E-state index in [1.807, 2.05) is 6.07 Å². The first kappa shape index (κ1) is 18.1. The monoisotopic (exact) mass is 380 g/mol. The van der Waals surface area contributed by atoms with Crippen molar-refractivity contribution in [3.8, 4) is 11.7 Å². The lowest BCUT2D eigenvalue weighted by atomic mass is 9.75. The number of carbonyl (C=O) groups is 1. The molecule has 3 aromatic heterocycles. The van der Waals surface area contributed by atoms with Crippen LogP contribution in [0.2, 0.25) is 0 Å². The van der Waals surface area contributed by atoms with Crippen LogP contribution in [0.3, 0.4) is 0 Å². The van der Waals surface area contributed by atoms with Gasteiger partial charge in [0.05, 0.1) is 19.3 Å². The lowest BCUT2D eigenvalue weighted by Crippen LogP contribution is -2.41. The normalized spacial score (nSPS) is 19.5. The number of aromatic nitrogens is 5. The molecule has 28 heavy (non-hydrogen) atoms. The number of carbonyl (C=O) groups excluding carboxylic acids is 1. The van der Waals surface area contributed by atoms with Gasteiger partial charge in [-0.25, -0.2) is 9.97 Å². The zero-order valence-electron chi connectivity index (χ0n) is 15.3. The summed E-state index contributed by atoms with van der Waals surface area (Å²) < 4.78 is 6.73. The van der Waals surface area contributed by atoms with E-state index in [0.29, 0.717) is 24.5 Å². The van der Waals surface area contributed by atoms with Crippen LogP contribution in [0.15, 0.2) is 49.2 Å². The molecule has 3 heterocycles. The van der Waals surface area contributed by atoms with Gasteiger partial charge in [0.25, 0.3) is 5.91 Å². The second kappa shape index (κ2) is 7.73. The van der Waals surface area contributed by atoms with Crippen LogP contribution in [0, 0.1) is 5.92 Å². The van der Waals surface area contributed by atoms with Gasteiger partial charge in [0.2, 0.25) is 5.88 Å². The van der Waals surface area contributed by atoms with Gasteiger partial charge in [-0.2, -0.15) is 0 Å². The van der Waals surface area contributed by atoms with Gasteiger partial charge >= 0.3 is 0 Å². The van der Waals surface area contributed by atoms with Crippen molar-refractivity contribution in [1.82, 2.24) is 30.0 Å². The molecule has 1 aliphatic rings. The molecule has 0 aliphatic heterocycles. The number of pyridine rings is 2. The molecule has 4 rings (SSSR count). The van der Waals surface area contributed by atoms with Crippen molar-refractivity contribution in [3.63, 3.8) is 0 Å². The predicted octanol–water partition coefficient (Wildman–Crippen LogP) is 1.31. The van der Waals surface area contributed by atoms with Crippen molar-refractivity contribution in [2.75, 3.05) is 7.11 Å². The number of nitrogens with one attached hydrogen (secondary N) is 1. The fourth-order valence-electron chi connectivity index (χ4n) is 3.30. The summed E-state index contributed by atoms with van der Waals surface area (Å²) in [5.74, 6) is 0.900. The van der Waals surface area contributed by atoms with E-state index in [0.717, 1.165) is 5.56 Å². The fourth-order valence-corrected chi connectivity index (χ4v) is 3.30. The third kappa shape index (κ3) is 3.70. The molecule has 0 saturated heterocycles. The Morgan fingerprint density at radius 2 is 2.04 bits per heavy atom. The first-order valence-electron chi connectivity index (χ1n) is 8.95. The van der Waals surface area contributed by atoms with Crippen LogP contribution in [0.25, 0.3) is 5.82 Å². The highest BCUT2D eigenvalue weighted by molar-refractivity contribution is 5.92. The summed E-state index contributed by atoms with van der Waals surface area (Å²) in [7, 11) is 1.55. The minimum atomic E-state index is -0.328. The largest absolute Gasteiger partial charge is 0.481 e. The first-order chi connectivity index (χ1) is 13.6. The molecular formula is C19H20N6O3. The molecule has 9 nitrogen and oxygen atoms in total. The molecule has 1 fully saturated rings. The molecule has 3 aromatic rings. The van der Waals surface area contributed by atoms with Crippen molar-refractivity contribution in [2.24, 2.45) is 5.92 Å². The molecule has 0 bridgehead atoms. The van der Waals surface area contributed by atoms with Crippen LogP contribution in [-0.4, -0.2) is 49.0 Å². The van der Waals surface area contributed by atoms with E-state index in [1.165, 1.54) is 12.7 Å². The number of aliphatic hydroxyl groups is 1. The molecule has 1 unspecified atom stereocenters. The highest BCUT2D eigenvalue weighted by Gasteiger charge is 2.36. The van der Waals surface area contributed by atoms with Gasteiger partial charge in [-0.3, -0.25) is 9.36 Å². The maximum Gasteiger partial charge on any atom is 0.270 e. The molecule has 1 saturated carbocycles. The zero-order valence-corrected chi connectivity index (χ0v) is 15.3. The molecule has 0 radical (unpaired) electrons. The van der Waals surface area contributed by atoms with Crippen LogP contribution in [0.4, 0.5) is 0 Å². The van der Waals surface area contributed by atoms with Gasteiger partial charge in [0.15, 0.2) is 0 Å². The summed E-state index contributed by atoms with van der Waals surface area (Å²) in [5.41, 5.74) is 1.15. The van der Waals surface area contributed by atoms with Crippen LogP contribution in [-0.2, 0) is 0 Å². The Morgan fingerprint density at radius 1 is 1.25 bits per heavy atom. The summed E-state index contributed by atoms with van der Waals surface area (Å²) in [4.78, 5) is 21.5. The van der Waals surface area contributed by atoms with Crippen molar-refractivity contribution in [2.45, 2.75) is 25.0 Å². The van der Waals surface area contributed by atoms with E-state index in [-0.39, 0.29) is 29.7 Å². The average Bonchev–Trinajstić information content (AvgIpc) is 3.25. The van der Waals surface area contributed by atoms with Crippen LogP contribution >= 0.6 is 0 Å². The Balaban J connectivity index is 1.56. The molecule has 2 N–H and O–H groups in total. The summed E-state index contributed by atoms with van der Waals surface area (Å²) in [6, 6.07) is 8.55. The molecule has 0 aromatic carbocycles. The molecule has 144 valence electrons. The van der Waals surface area contributed by atoms with Crippen LogP contribution in [0.1, 0.15) is 34.9 Å². The third-order valence-electron chi connectivity index (χ3n) is 4.89. The summed E-state index contributed by atoms with van der Waals surface area (Å²) in [6.07, 6.45) is 5.66. The number of aliphatic hydroxyl groups excluding tert-OH is 1. The molecule has 1 atom stereocenters. The van der Waals surface area contributed by atoms with Gasteiger partial charge in [0, 0.05) is 12.3 Å². The Hall–Kier alpha value is -3.33. The van der Waals surface area contributed by atoms with Crippen molar-refractivity contribution in [3.05, 3.63) is 60.4 Å². The summed E-state index contributed by atoms with van der Waals surface area (Å²) >= 11 is 0. The molecule has 1 aliphatic carbocycles. The number of methoxy groups -OCH3 is 1. The Morgan fingerprint density at radius 3 is 2.68 bits per heavy atom. The van der Waals surface area contributed by atoms with Crippen LogP contribution in [0.5, 0.6) is 5.88 Å². The lowest BCUT2D eigenvalue weighted by Gasteiger charge is -2.38. The van der Waals surface area contributed by atoms with Gasteiger partial charge in [-0.15, -0.1) is 10.2 Å². The SMILES string of the molecule is COc1ccc(C(NC(=O)c2cccc(-n3cnnc3)n2)C2CC(O)C2)cn1. The number of hydrogen-bond donors (Lipinski definition) is 2. The molecule has 9 heteroatoms. The van der Waals surface area contributed by atoms with Crippen molar-refractivity contribution >= 4 is 5.91 Å². The standard InChI is InChI=1S/C19H20N6O3/c1-28-17-6-5-12(9-20-17)18(13-7-14(26)8-13)24-19(27)15-3-2-4-16(23-15)25-10-21-22-11-25/h2-6,9-11,13-14,18,26H,7-8H2,1H3,(H,24,27). The minimum Gasteiger partial charge on any atom is -0.481 e. The van der Waals surface area contributed by atoms with E-state index < -0.39 is 0 Å². The maximum atomic E-state index is 12.9. The minimum absolute atomic E-state index is 0.134. The second-order valence-corrected chi connectivity index (χ2v) is 6.72. The van der Waals surface area contributed by atoms with Gasteiger partial charge in [-0.05, 0) is 36.5 Å². The van der Waals surface area contributed by atoms with E-state index in [4.69, 9.17) is 4.74 Å². The maximum absolute atomic E-state index is 12.9. The first-order valence-corrected chi connectivity index (χ1v) is 8.95. The van der Waals surface area contributed by atoms with E-state index in [9.17, 15) is 9.90 Å². The average molecular weight is 380 g/mol. The molecule has 1 amide bonds. The molecule has 0 spiro atoms. The third-order valence-corrected chi connectivity index (χ3v) is 4.89. The topological polar surface area (TPSA) is 115 Å². The summed E-state index contributed by atoms with van der Waals surface area (Å²) in [6.45, 7) is 0. The van der Waals surface area contributed by atoms with Crippen molar-refractivity contribution < 1.29 is 14.6 Å². The number of ether oxygens (including phenoxy) is 1. The van der Waals surface area contributed by atoms with E-state index in [1.54, 1.807) is 42.1 Å². The number of nitrogens with zero attached hydrogens (tertiary/aromatic N) is 5. The second-order valence-electron chi connectivity index (χ2n) is 6.72. The summed E-state index contributed by atoms with van der Waals surface area (Å²) in [5, 5.41) is 20.3. The Kier molecular flexibility index (Phi) is 4.98. The smallest absolute Gasteiger partial charge is 0.270 e. The fraction of sp³-hybridized carbons (Fsp3) is 0.316. The zero-order chi connectivity index (χ0) is 19.5.